The number of anilines is 3. The number of hydrogen-bond acceptors (Lipinski definition) is 23. The Bertz CT molecular complexity index is 5660. The molecule has 12 heterocycles. The van der Waals surface area contributed by atoms with Gasteiger partial charge in [-0.05, 0) is 360 Å². The SMILES string of the molecule is C=S1(=O)NC(=O)c2ccc3c(c2)N(C[C@@H]2CC[C@H]2[C@H](C2O[C@H]4CN(C)C[C@H]4O2)CCC[C@H](C)[C@H]1C)C[C@@]1(CCCc2cc(Cl)ccc21)CO3.C[C@@H]1[C@@H](C)CCC[C@@H](C2O[C@H]3CN(C)C[C@H]3O2)[C@@H]2CC[C@H]2CN2C[C@@]3(CCCc4cc(Cl)ccc43)COc3ccc(cc32)C(=O)NS1(=O)=O.C[C@@H]1[C@@H](C)CCC[C@H](C2O[C@H]3CN(C)C[C@H]3O2)[C@@H]2CC[C@H]2CN2C[C@@]3(CCCc4cc(Cl)ccc43)COc3ccc(cc32)C(=O)NS1(=O)=O. The molecule has 3 saturated carbocycles. The molecule has 18 aliphatic rings. The second kappa shape index (κ2) is 42.0. The number of hydrogen-bond donors (Lipinski definition) is 3. The van der Waals surface area contributed by atoms with Crippen LogP contribution < -0.4 is 43.1 Å². The fraction of sp³-hybridized carbons (Fsp3) is 0.652. The highest BCUT2D eigenvalue weighted by molar-refractivity contribution is 7.99. The number of carbonyl (C=O) groups excluding carboxylic acids is 3. The second-order valence-electron chi connectivity index (χ2n) is 48.1. The predicted molar refractivity (Wildman–Crippen MR) is 576 cm³/mol. The minimum absolute atomic E-state index is 0.106. The molecule has 32 heteroatoms. The first kappa shape index (κ1) is 104. The van der Waals surface area contributed by atoms with Crippen LogP contribution in [0.5, 0.6) is 17.2 Å². The molecule has 6 saturated heterocycles. The number of carbonyl (C=O) groups is 3. The van der Waals surface area contributed by atoms with Crippen molar-refractivity contribution >= 4 is 105 Å². The van der Waals surface area contributed by atoms with E-state index in [9.17, 15) is 35.4 Å². The van der Waals surface area contributed by atoms with Gasteiger partial charge in [0.25, 0.3) is 17.7 Å². The first-order valence-corrected chi connectivity index (χ1v) is 61.2. The second-order valence-corrected chi connectivity index (χ2v) is 55.9. The Balaban J connectivity index is 0.000000125. The molecule has 24 rings (SSSR count). The fourth-order valence-electron chi connectivity index (χ4n) is 29.3. The molecule has 28 atom stereocenters. The van der Waals surface area contributed by atoms with Gasteiger partial charge in [-0.25, -0.2) is 30.5 Å². The van der Waals surface area contributed by atoms with Crippen molar-refractivity contribution in [2.24, 2.45) is 71.0 Å². The largest absolute Gasteiger partial charge is 0.490 e. The van der Waals surface area contributed by atoms with Gasteiger partial charge in [-0.3, -0.25) is 19.1 Å². The summed E-state index contributed by atoms with van der Waals surface area (Å²) < 4.78 is 136. The predicted octanol–water partition coefficient (Wildman–Crippen LogP) is 17.6. The van der Waals surface area contributed by atoms with E-state index in [0.717, 1.165) is 276 Å². The van der Waals surface area contributed by atoms with E-state index in [2.05, 4.69) is 114 Å². The van der Waals surface area contributed by atoms with Gasteiger partial charge in [0.2, 0.25) is 20.0 Å². The van der Waals surface area contributed by atoms with E-state index >= 15 is 0 Å². The van der Waals surface area contributed by atoms with Crippen molar-refractivity contribution in [1.29, 1.82) is 0 Å². The van der Waals surface area contributed by atoms with Gasteiger partial charge in [0.1, 0.15) is 53.9 Å². The molecular weight excluding hydrogens is 1980 g/mol. The Morgan fingerprint density at radius 3 is 0.905 bits per heavy atom. The van der Waals surface area contributed by atoms with Gasteiger partial charge in [-0.15, -0.1) is 0 Å². The molecule has 12 aliphatic heterocycles. The van der Waals surface area contributed by atoms with Gasteiger partial charge in [-0.2, -0.15) is 0 Å². The number of aryl methyl sites for hydroxylation is 3. The minimum Gasteiger partial charge on any atom is -0.490 e. The van der Waals surface area contributed by atoms with Gasteiger partial charge in [-0.1, -0.05) is 93.0 Å². The van der Waals surface area contributed by atoms with Crippen molar-refractivity contribution in [2.45, 2.75) is 283 Å². The molecule has 798 valence electrons. The van der Waals surface area contributed by atoms with Crippen LogP contribution in [-0.2, 0) is 93.7 Å². The summed E-state index contributed by atoms with van der Waals surface area (Å²) in [5, 5.41) is 0.581. The molecule has 26 nitrogen and oxygen atoms in total. The van der Waals surface area contributed by atoms with Crippen LogP contribution in [0, 0.1) is 71.0 Å². The van der Waals surface area contributed by atoms with Crippen LogP contribution in [0.4, 0.5) is 17.1 Å². The van der Waals surface area contributed by atoms with Crippen molar-refractivity contribution in [3.63, 3.8) is 0 Å². The minimum atomic E-state index is -3.90. The third-order valence-electron chi connectivity index (χ3n) is 38.7. The Hall–Kier alpha value is -7.04. The Morgan fingerprint density at radius 2 is 0.619 bits per heavy atom. The van der Waals surface area contributed by atoms with Gasteiger partial charge in [0, 0.05) is 150 Å². The molecule has 4 unspecified atom stereocenters. The summed E-state index contributed by atoms with van der Waals surface area (Å²) in [5.41, 5.74) is 10.9. The number of benzene rings is 6. The zero-order valence-corrected chi connectivity index (χ0v) is 91.7. The molecule has 3 spiro atoms. The molecule has 6 aromatic carbocycles. The first-order chi connectivity index (χ1) is 70.5. The fourth-order valence-corrected chi connectivity index (χ4v) is 34.0. The van der Waals surface area contributed by atoms with Crippen molar-refractivity contribution in [1.82, 2.24) is 28.9 Å². The number of likely N-dealkylation sites (tertiary alicyclic amines) is 3. The van der Waals surface area contributed by atoms with E-state index < -0.39 is 52.1 Å². The molecule has 3 N–H and O–H groups in total. The lowest BCUT2D eigenvalue weighted by atomic mass is 9.64. The number of nitrogens with zero attached hydrogens (tertiary/aromatic N) is 6. The molecule has 6 aromatic rings. The number of rotatable bonds is 3. The summed E-state index contributed by atoms with van der Waals surface area (Å²) in [6, 6.07) is 35.4. The number of fused-ring (bicyclic) bond motifs is 15. The van der Waals surface area contributed by atoms with E-state index in [4.69, 9.17) is 77.4 Å². The highest BCUT2D eigenvalue weighted by Crippen LogP contribution is 2.57. The third kappa shape index (κ3) is 20.9. The van der Waals surface area contributed by atoms with Gasteiger partial charge in [0.15, 0.2) is 18.9 Å². The Morgan fingerprint density at radius 1 is 0.333 bits per heavy atom. The highest BCUT2D eigenvalue weighted by Gasteiger charge is 2.57. The average molecular weight is 2140 g/mol. The Labute approximate surface area is 885 Å². The standard InChI is InChI=1S/C39H52ClN3O5S.2C38H50ClN3O6S/c1-24-7-5-9-31(38-47-35-20-42(3)21-36(35)48-38)30-13-10-28(30)19-43-22-39(16-6-8-26-17-29(40)12-14-32(26)39)23-46-34-15-11-27(18-33(34)43)37(44)41-49(4,45)25(24)2;2*1-23-6-4-8-30(37-47-34-19-41(3)20-35(34)48-37)29-12-9-27(29)18-42-21-38(15-5-7-25-16-28(39)11-13-31(25)38)22-46-33-14-10-26(17-32(33)42)36(43)40-49(44,45)24(23)2/h11-12,14-15,17-18,24-25,28,30-31,35-36,38H,4-10,13,16,19-23H2,1-3H3,(H,41,44,45);2*10-11,13-14,16-17,23-24,27,29-30,34-35,37H,4-9,12,15,18-22H2,1-3H3,(H,40,43)/t24-,25+,28-,30+,31+,35-,36+,38?,39-,49?;23-,24+,27-,29+,30+,34-,35+,37?,38-;23-,24+,27-,29+,30-,34-,35+,37?,38-/m000/s1. The molecule has 0 radical (unpaired) electrons. The van der Waals surface area contributed by atoms with E-state index in [-0.39, 0.29) is 112 Å². The molecule has 147 heavy (non-hydrogen) atoms. The van der Waals surface area contributed by atoms with Crippen LogP contribution in [0.1, 0.15) is 241 Å². The van der Waals surface area contributed by atoms with Gasteiger partial charge < -0.3 is 72.0 Å². The van der Waals surface area contributed by atoms with E-state index in [1.807, 2.05) is 75.4 Å². The number of likely N-dealkylation sites (N-methyl/N-ethyl adjacent to an activating group) is 3. The maximum atomic E-state index is 13.9. The molecule has 0 aromatic heterocycles. The van der Waals surface area contributed by atoms with Gasteiger partial charge in [0.05, 0.1) is 57.1 Å². The lowest BCUT2D eigenvalue weighted by molar-refractivity contribution is -0.146. The Kier molecular flexibility index (Phi) is 29.8. The van der Waals surface area contributed by atoms with Crippen molar-refractivity contribution in [3.8, 4) is 17.2 Å². The highest BCUT2D eigenvalue weighted by atomic mass is 35.5. The van der Waals surface area contributed by atoms with E-state index in [1.54, 1.807) is 32.0 Å². The number of nitrogens with one attached hydrogen (secondary N) is 3. The summed E-state index contributed by atoms with van der Waals surface area (Å²) in [5.74, 6) is 8.12. The van der Waals surface area contributed by atoms with Crippen LogP contribution in [0.3, 0.4) is 0 Å². The monoisotopic (exact) mass is 2130 g/mol. The number of ether oxygens (including phenoxy) is 9. The molecular formula is C115H152Cl3N9O17S3. The van der Waals surface area contributed by atoms with Crippen molar-refractivity contribution in [2.75, 3.05) is 134 Å². The summed E-state index contributed by atoms with van der Waals surface area (Å²) in [6.45, 7) is 23.3. The van der Waals surface area contributed by atoms with Crippen LogP contribution >= 0.6 is 34.8 Å². The van der Waals surface area contributed by atoms with Crippen LogP contribution in [0.2, 0.25) is 15.1 Å². The van der Waals surface area contributed by atoms with E-state index in [1.165, 1.54) is 39.8 Å². The summed E-state index contributed by atoms with van der Waals surface area (Å²) in [7, 11) is -4.32. The molecule has 9 fully saturated rings. The summed E-state index contributed by atoms with van der Waals surface area (Å²) in [6.07, 6.45) is 24.1. The normalized spacial score (nSPS) is 38.3. The lowest BCUT2D eigenvalue weighted by Gasteiger charge is -2.47. The summed E-state index contributed by atoms with van der Waals surface area (Å²) in [4.78, 5) is 55.1. The zero-order chi connectivity index (χ0) is 102. The van der Waals surface area contributed by atoms with Crippen LogP contribution in [-0.4, -0.2) is 250 Å². The number of halogens is 3. The van der Waals surface area contributed by atoms with Crippen LogP contribution in [0.15, 0.2) is 109 Å². The maximum absolute atomic E-state index is 13.9. The summed E-state index contributed by atoms with van der Waals surface area (Å²) >= 11 is 19.4. The van der Waals surface area contributed by atoms with E-state index in [0.29, 0.717) is 77.9 Å². The molecule has 3 amide bonds. The number of amides is 3. The molecule has 6 aliphatic carbocycles. The zero-order valence-electron chi connectivity index (χ0n) is 87.0. The lowest BCUT2D eigenvalue weighted by Crippen LogP contribution is -2.50. The third-order valence-corrected chi connectivity index (χ3v) is 45.5. The quantitative estimate of drug-likeness (QED) is 0.139. The smallest absolute Gasteiger partial charge is 0.264 e. The van der Waals surface area contributed by atoms with Crippen LogP contribution in [0.25, 0.3) is 0 Å². The topological polar surface area (TPSA) is 275 Å². The van der Waals surface area contributed by atoms with Crippen molar-refractivity contribution in [3.05, 3.63) is 174 Å². The maximum Gasteiger partial charge on any atom is 0.264 e. The van der Waals surface area contributed by atoms with Gasteiger partial charge >= 0.3 is 0 Å². The van der Waals surface area contributed by atoms with Crippen molar-refractivity contribution < 1.29 is 78.1 Å². The average Bonchev–Trinajstić information content (AvgIpc) is 1.64. The first-order valence-electron chi connectivity index (χ1n) is 55.2. The number of sulfonamides is 2. The molecule has 6 bridgehead atoms.